The minimum atomic E-state index is 1.00. The summed E-state index contributed by atoms with van der Waals surface area (Å²) in [5.74, 6) is 0. The van der Waals surface area contributed by atoms with E-state index in [9.17, 15) is 0 Å². The van der Waals surface area contributed by atoms with Crippen LogP contribution in [0.1, 0.15) is 6.42 Å². The summed E-state index contributed by atoms with van der Waals surface area (Å²) in [6.45, 7) is 0. The van der Waals surface area contributed by atoms with Crippen molar-refractivity contribution < 1.29 is 15.7 Å². The standard InChI is InChI=1S/C9H7.Co/c1-2-5-8(4-1)9-6-3-7-9;/h1,3-4,6-7H,2H2;. The van der Waals surface area contributed by atoms with Crippen LogP contribution in [0.4, 0.5) is 0 Å². The van der Waals surface area contributed by atoms with E-state index < -0.39 is 0 Å². The molecule has 0 bridgehead atoms. The Hall–Kier alpha value is -0.534. The molecule has 0 heterocycles. The maximum absolute atomic E-state index is 4.41. The average molecular weight is 174 g/mol. The summed E-state index contributed by atoms with van der Waals surface area (Å²) in [6.07, 6.45) is 11.5. The first-order chi connectivity index (χ1) is 4.88. The van der Waals surface area contributed by atoms with E-state index in [2.05, 4.69) is 46.1 Å². The third kappa shape index (κ3) is 0.824. The van der Waals surface area contributed by atoms with Crippen LogP contribution in [0.15, 0.2) is 46.0 Å². The second-order valence-electron chi connectivity index (χ2n) is 2.38. The Kier molecular flexibility index (Phi) is 1.40. The van der Waals surface area contributed by atoms with Crippen molar-refractivity contribution in [1.82, 2.24) is 0 Å². The van der Waals surface area contributed by atoms with E-state index in [0.29, 0.717) is 0 Å². The number of allylic oxidation sites excluding steroid dienone is 8. The van der Waals surface area contributed by atoms with Crippen LogP contribution >= 0.6 is 0 Å². The molecule has 0 amide bonds. The molecule has 0 atom stereocenters. The molecule has 2 aliphatic rings. The molecule has 2 aliphatic carbocycles. The van der Waals surface area contributed by atoms with E-state index in [1.54, 1.807) is 0 Å². The second kappa shape index (κ2) is 2.26. The quantitative estimate of drug-likeness (QED) is 0.571. The fraction of sp³-hybridized carbons (Fsp3) is 0.111. The van der Waals surface area contributed by atoms with Crippen molar-refractivity contribution in [1.29, 1.82) is 0 Å². The summed E-state index contributed by atoms with van der Waals surface area (Å²) in [5.41, 5.74) is 2.61. The van der Waals surface area contributed by atoms with Crippen molar-refractivity contribution in [2.24, 2.45) is 0 Å². The molecule has 0 nitrogen and oxygen atoms in total. The molecule has 0 spiro atoms. The summed E-state index contributed by atoms with van der Waals surface area (Å²) in [6, 6.07) is 0. The Morgan fingerprint density at radius 1 is 1.30 bits per heavy atom. The molecule has 2 rings (SSSR count). The molecule has 0 unspecified atom stereocenters. The SMILES string of the molecule is [Co][C]1=C(C2=CC=C2)C=CC1. The van der Waals surface area contributed by atoms with E-state index in [1.165, 1.54) is 15.7 Å². The van der Waals surface area contributed by atoms with Crippen LogP contribution in [0.2, 0.25) is 0 Å². The fourth-order valence-electron chi connectivity index (χ4n) is 1.09. The second-order valence-corrected chi connectivity index (χ2v) is 3.01. The van der Waals surface area contributed by atoms with E-state index in [0.717, 1.165) is 6.42 Å². The molecular formula is C9H7Co. The Labute approximate surface area is 68.6 Å². The topological polar surface area (TPSA) is 0 Å². The van der Waals surface area contributed by atoms with Crippen LogP contribution in [0.25, 0.3) is 0 Å². The van der Waals surface area contributed by atoms with Gasteiger partial charge in [-0.25, -0.2) is 0 Å². The van der Waals surface area contributed by atoms with Crippen LogP contribution in [0.3, 0.4) is 0 Å². The van der Waals surface area contributed by atoms with Crippen molar-refractivity contribution in [2.75, 3.05) is 0 Å². The summed E-state index contributed by atoms with van der Waals surface area (Å²) in [4.78, 5) is 0. The Morgan fingerprint density at radius 2 is 2.10 bits per heavy atom. The zero-order valence-corrected chi connectivity index (χ0v) is 6.47. The molecular weight excluding hydrogens is 167 g/mol. The van der Waals surface area contributed by atoms with Crippen LogP contribution in [-0.2, 0) is 15.7 Å². The van der Waals surface area contributed by atoms with Crippen molar-refractivity contribution >= 4 is 0 Å². The normalized spacial score (nSPS) is 21.6. The molecule has 0 aromatic heterocycles. The van der Waals surface area contributed by atoms with Gasteiger partial charge in [-0.2, -0.15) is 0 Å². The van der Waals surface area contributed by atoms with Gasteiger partial charge < -0.3 is 0 Å². The molecule has 0 N–H and O–H groups in total. The Morgan fingerprint density at radius 3 is 2.50 bits per heavy atom. The molecule has 0 saturated heterocycles. The Balaban J connectivity index is 2.31. The first kappa shape index (κ1) is 6.19. The molecule has 0 fully saturated rings. The molecule has 0 aromatic rings. The summed E-state index contributed by atoms with van der Waals surface area (Å²) in [5, 5.41) is 0. The zero-order chi connectivity index (χ0) is 6.97. The summed E-state index contributed by atoms with van der Waals surface area (Å²) >= 11 is 4.41. The first-order valence-electron chi connectivity index (χ1n) is 3.29. The molecule has 0 saturated carbocycles. The van der Waals surface area contributed by atoms with Crippen LogP contribution in [0.5, 0.6) is 0 Å². The number of hydrogen-bond acceptors (Lipinski definition) is 0. The van der Waals surface area contributed by atoms with Gasteiger partial charge >= 0.3 is 68.2 Å². The first-order valence-corrected chi connectivity index (χ1v) is 3.82. The maximum atomic E-state index is 4.41. The van der Waals surface area contributed by atoms with Gasteiger partial charge in [0.05, 0.1) is 0 Å². The molecule has 52 valence electrons. The van der Waals surface area contributed by atoms with Gasteiger partial charge in [0, 0.05) is 0 Å². The van der Waals surface area contributed by atoms with E-state index in [4.69, 9.17) is 0 Å². The van der Waals surface area contributed by atoms with Crippen molar-refractivity contribution in [3.8, 4) is 0 Å². The van der Waals surface area contributed by atoms with Gasteiger partial charge in [0.1, 0.15) is 0 Å². The summed E-state index contributed by atoms with van der Waals surface area (Å²) < 4.78 is 1.18. The summed E-state index contributed by atoms with van der Waals surface area (Å²) in [7, 11) is 0. The third-order valence-electron chi connectivity index (χ3n) is 1.72. The van der Waals surface area contributed by atoms with E-state index >= 15 is 0 Å². The van der Waals surface area contributed by atoms with Gasteiger partial charge in [0.25, 0.3) is 0 Å². The van der Waals surface area contributed by atoms with E-state index in [-0.39, 0.29) is 0 Å². The number of hydrogen-bond donors (Lipinski definition) is 0. The van der Waals surface area contributed by atoms with E-state index in [1.807, 2.05) is 0 Å². The Bertz CT molecular complexity index is 277. The fourth-order valence-corrected chi connectivity index (χ4v) is 1.45. The van der Waals surface area contributed by atoms with Crippen molar-refractivity contribution in [3.63, 3.8) is 0 Å². The zero-order valence-electron chi connectivity index (χ0n) is 5.43. The minimum absolute atomic E-state index is 1.00. The van der Waals surface area contributed by atoms with Crippen molar-refractivity contribution in [3.05, 3.63) is 46.0 Å². The molecule has 10 heavy (non-hydrogen) atoms. The van der Waals surface area contributed by atoms with Gasteiger partial charge in [-0.15, -0.1) is 0 Å². The van der Waals surface area contributed by atoms with Crippen molar-refractivity contribution in [2.45, 2.75) is 6.42 Å². The number of rotatable bonds is 1. The predicted molar refractivity (Wildman–Crippen MR) is 38.0 cm³/mol. The molecule has 0 aromatic carbocycles. The predicted octanol–water partition coefficient (Wildman–Crippen LogP) is 2.24. The van der Waals surface area contributed by atoms with Crippen LogP contribution < -0.4 is 0 Å². The van der Waals surface area contributed by atoms with Gasteiger partial charge in [0.2, 0.25) is 0 Å². The van der Waals surface area contributed by atoms with Gasteiger partial charge in [-0.05, 0) is 0 Å². The van der Waals surface area contributed by atoms with Gasteiger partial charge in [-0.1, -0.05) is 0 Å². The monoisotopic (exact) mass is 174 g/mol. The molecule has 1 heteroatoms. The van der Waals surface area contributed by atoms with Crippen LogP contribution in [0, 0.1) is 0 Å². The van der Waals surface area contributed by atoms with Gasteiger partial charge in [0.15, 0.2) is 0 Å². The average Bonchev–Trinajstić information content (AvgIpc) is 2.12. The molecule has 0 radical (unpaired) electrons. The third-order valence-corrected chi connectivity index (χ3v) is 2.21. The van der Waals surface area contributed by atoms with Crippen LogP contribution in [-0.4, -0.2) is 0 Å². The molecule has 0 aliphatic heterocycles. The van der Waals surface area contributed by atoms with Gasteiger partial charge in [-0.3, -0.25) is 0 Å².